The largest absolute Gasteiger partial charge is 0.350 e. The maximum absolute atomic E-state index is 13.7. The third kappa shape index (κ3) is 5.46. The molecule has 0 spiro atoms. The Kier molecular flexibility index (Phi) is 6.47. The van der Waals surface area contributed by atoms with Gasteiger partial charge in [-0.1, -0.05) is 6.07 Å². The highest BCUT2D eigenvalue weighted by Crippen LogP contribution is 2.30. The number of halogens is 1. The van der Waals surface area contributed by atoms with Crippen LogP contribution in [-0.4, -0.2) is 45.4 Å². The van der Waals surface area contributed by atoms with Crippen LogP contribution in [0.25, 0.3) is 0 Å². The molecule has 0 fully saturated rings. The van der Waals surface area contributed by atoms with Crippen molar-refractivity contribution in [1.29, 1.82) is 0 Å². The van der Waals surface area contributed by atoms with Gasteiger partial charge in [0.2, 0.25) is 10.0 Å². The summed E-state index contributed by atoms with van der Waals surface area (Å²) in [5.74, 6) is -0.452. The number of aryl methyl sites for hydroxylation is 1. The highest BCUT2D eigenvalue weighted by atomic mass is 32.2. The van der Waals surface area contributed by atoms with Crippen LogP contribution in [0.2, 0.25) is 0 Å². The first-order valence-electron chi connectivity index (χ1n) is 8.06. The van der Waals surface area contributed by atoms with Gasteiger partial charge in [-0.3, -0.25) is 10.1 Å². The Hall–Kier alpha value is -2.56. The predicted molar refractivity (Wildman–Crippen MR) is 101 cm³/mol. The number of nitro benzene ring substituents is 1. The maximum Gasteiger partial charge on any atom is 0.294 e. The van der Waals surface area contributed by atoms with Crippen LogP contribution in [0.3, 0.4) is 0 Å². The van der Waals surface area contributed by atoms with Gasteiger partial charge in [0.05, 0.1) is 9.82 Å². The fourth-order valence-electron chi connectivity index (χ4n) is 2.25. The smallest absolute Gasteiger partial charge is 0.294 e. The molecule has 0 unspecified atom stereocenters. The van der Waals surface area contributed by atoms with E-state index in [9.17, 15) is 22.9 Å². The Bertz CT molecular complexity index is 948. The Labute approximate surface area is 157 Å². The van der Waals surface area contributed by atoms with Gasteiger partial charge < -0.3 is 10.2 Å². The molecule has 27 heavy (non-hydrogen) atoms. The van der Waals surface area contributed by atoms with E-state index in [0.29, 0.717) is 17.8 Å². The zero-order chi connectivity index (χ0) is 20.2. The number of sulfonamides is 1. The molecule has 8 nitrogen and oxygen atoms in total. The van der Waals surface area contributed by atoms with Crippen molar-refractivity contribution < 1.29 is 17.7 Å². The molecule has 2 rings (SSSR count). The topological polar surface area (TPSA) is 105 Å². The van der Waals surface area contributed by atoms with Crippen LogP contribution in [0.5, 0.6) is 0 Å². The SMILES string of the molecule is Cc1ccc(Nc2ccc(S(=O)(=O)NCCN(C)C)cc2[N+](=O)[O-])cc1F. The molecule has 0 aliphatic heterocycles. The molecule has 0 aliphatic carbocycles. The first kappa shape index (κ1) is 20.7. The molecule has 0 aromatic heterocycles. The van der Waals surface area contributed by atoms with E-state index in [1.165, 1.54) is 24.3 Å². The Morgan fingerprint density at radius 2 is 1.89 bits per heavy atom. The first-order chi connectivity index (χ1) is 12.6. The van der Waals surface area contributed by atoms with Crippen LogP contribution in [0.15, 0.2) is 41.3 Å². The van der Waals surface area contributed by atoms with Crippen molar-refractivity contribution in [3.05, 3.63) is 57.9 Å². The summed E-state index contributed by atoms with van der Waals surface area (Å²) >= 11 is 0. The van der Waals surface area contributed by atoms with E-state index in [2.05, 4.69) is 10.0 Å². The number of nitrogens with zero attached hydrogens (tertiary/aromatic N) is 2. The molecule has 0 heterocycles. The summed E-state index contributed by atoms with van der Waals surface area (Å²) in [5.41, 5.74) is 0.406. The summed E-state index contributed by atoms with van der Waals surface area (Å²) in [6.45, 7) is 2.26. The van der Waals surface area contributed by atoms with E-state index in [1.54, 1.807) is 32.0 Å². The fraction of sp³-hybridized carbons (Fsp3) is 0.294. The minimum atomic E-state index is -3.88. The third-order valence-electron chi connectivity index (χ3n) is 3.78. The molecular formula is C17H21FN4O4S. The normalized spacial score (nSPS) is 11.6. The summed E-state index contributed by atoms with van der Waals surface area (Å²) in [7, 11) is -0.285. The summed E-state index contributed by atoms with van der Waals surface area (Å²) in [6, 6.07) is 7.86. The number of hydrogen-bond donors (Lipinski definition) is 2. The molecule has 2 N–H and O–H groups in total. The molecule has 0 saturated heterocycles. The van der Waals surface area contributed by atoms with Crippen LogP contribution in [-0.2, 0) is 10.0 Å². The molecule has 0 radical (unpaired) electrons. The van der Waals surface area contributed by atoms with E-state index in [1.807, 2.05) is 0 Å². The lowest BCUT2D eigenvalue weighted by atomic mass is 10.2. The summed E-state index contributed by atoms with van der Waals surface area (Å²) < 4.78 is 40.7. The van der Waals surface area contributed by atoms with Gasteiger partial charge in [0.25, 0.3) is 5.69 Å². The lowest BCUT2D eigenvalue weighted by Gasteiger charge is -2.12. The lowest BCUT2D eigenvalue weighted by molar-refractivity contribution is -0.384. The van der Waals surface area contributed by atoms with Crippen LogP contribution < -0.4 is 10.0 Å². The monoisotopic (exact) mass is 396 g/mol. The Morgan fingerprint density at radius 1 is 1.19 bits per heavy atom. The van der Waals surface area contributed by atoms with E-state index < -0.39 is 26.5 Å². The standard InChI is InChI=1S/C17H21FN4O4S/c1-12-4-5-13(10-15(12)18)20-16-7-6-14(11-17(16)22(23)24)27(25,26)19-8-9-21(2)3/h4-7,10-11,19-20H,8-9H2,1-3H3. The Morgan fingerprint density at radius 3 is 2.48 bits per heavy atom. The summed E-state index contributed by atoms with van der Waals surface area (Å²) in [5, 5.41) is 14.1. The lowest BCUT2D eigenvalue weighted by Crippen LogP contribution is -2.31. The van der Waals surface area contributed by atoms with E-state index in [0.717, 1.165) is 6.07 Å². The van der Waals surface area contributed by atoms with Crippen LogP contribution >= 0.6 is 0 Å². The van der Waals surface area contributed by atoms with Crippen molar-refractivity contribution in [2.24, 2.45) is 0 Å². The molecule has 2 aromatic carbocycles. The molecule has 146 valence electrons. The molecule has 0 bridgehead atoms. The predicted octanol–water partition coefficient (Wildman–Crippen LogP) is 2.63. The van der Waals surface area contributed by atoms with Crippen LogP contribution in [0.1, 0.15) is 5.56 Å². The van der Waals surface area contributed by atoms with Crippen LogP contribution in [0, 0.1) is 22.9 Å². The number of nitro groups is 1. The number of rotatable bonds is 8. The van der Waals surface area contributed by atoms with Crippen molar-refractivity contribution >= 4 is 27.1 Å². The number of hydrogen-bond acceptors (Lipinski definition) is 6. The second kappa shape index (κ2) is 8.42. The average Bonchev–Trinajstić information content (AvgIpc) is 2.57. The molecule has 0 saturated carbocycles. The van der Waals surface area contributed by atoms with E-state index >= 15 is 0 Å². The summed E-state index contributed by atoms with van der Waals surface area (Å²) in [6.07, 6.45) is 0. The van der Waals surface area contributed by atoms with Crippen molar-refractivity contribution in [3.8, 4) is 0 Å². The Balaban J connectivity index is 2.30. The molecule has 0 amide bonds. The van der Waals surface area contributed by atoms with Gasteiger partial charge in [-0.2, -0.15) is 0 Å². The second-order valence-electron chi connectivity index (χ2n) is 6.23. The summed E-state index contributed by atoms with van der Waals surface area (Å²) in [4.78, 5) is 12.3. The molecular weight excluding hydrogens is 375 g/mol. The molecule has 0 aliphatic rings. The molecule has 0 atom stereocenters. The van der Waals surface area contributed by atoms with Gasteiger partial charge in [-0.15, -0.1) is 0 Å². The maximum atomic E-state index is 13.7. The number of benzene rings is 2. The average molecular weight is 396 g/mol. The van der Waals surface area contributed by atoms with Crippen LogP contribution in [0.4, 0.5) is 21.5 Å². The zero-order valence-corrected chi connectivity index (χ0v) is 16.0. The number of anilines is 2. The highest BCUT2D eigenvalue weighted by molar-refractivity contribution is 7.89. The number of nitrogens with one attached hydrogen (secondary N) is 2. The van der Waals surface area contributed by atoms with Crippen molar-refractivity contribution in [2.75, 3.05) is 32.5 Å². The third-order valence-corrected chi connectivity index (χ3v) is 5.24. The van der Waals surface area contributed by atoms with E-state index in [-0.39, 0.29) is 17.1 Å². The van der Waals surface area contributed by atoms with Gasteiger partial charge in [-0.25, -0.2) is 17.5 Å². The fourth-order valence-corrected chi connectivity index (χ4v) is 3.29. The zero-order valence-electron chi connectivity index (χ0n) is 15.2. The van der Waals surface area contributed by atoms with Crippen molar-refractivity contribution in [3.63, 3.8) is 0 Å². The van der Waals surface area contributed by atoms with E-state index in [4.69, 9.17) is 0 Å². The molecule has 10 heteroatoms. The van der Waals surface area contributed by atoms with Crippen molar-refractivity contribution in [1.82, 2.24) is 9.62 Å². The minimum Gasteiger partial charge on any atom is -0.350 e. The quantitative estimate of drug-likeness (QED) is 0.525. The van der Waals surface area contributed by atoms with Gasteiger partial charge in [0.1, 0.15) is 11.5 Å². The number of likely N-dealkylation sites (N-methyl/N-ethyl adjacent to an activating group) is 1. The minimum absolute atomic E-state index is 0.0653. The molecule has 2 aromatic rings. The van der Waals surface area contributed by atoms with Gasteiger partial charge in [-0.05, 0) is 50.8 Å². The van der Waals surface area contributed by atoms with Gasteiger partial charge in [0, 0.05) is 24.8 Å². The van der Waals surface area contributed by atoms with Gasteiger partial charge in [0.15, 0.2) is 0 Å². The van der Waals surface area contributed by atoms with Crippen molar-refractivity contribution in [2.45, 2.75) is 11.8 Å². The van der Waals surface area contributed by atoms with Gasteiger partial charge >= 0.3 is 0 Å². The second-order valence-corrected chi connectivity index (χ2v) is 7.99. The highest BCUT2D eigenvalue weighted by Gasteiger charge is 2.21. The first-order valence-corrected chi connectivity index (χ1v) is 9.54.